The van der Waals surface area contributed by atoms with Crippen molar-refractivity contribution >= 4 is 5.91 Å². The number of aromatic nitrogens is 1. The van der Waals surface area contributed by atoms with Gasteiger partial charge in [-0.05, 0) is 12.1 Å². The van der Waals surface area contributed by atoms with Gasteiger partial charge < -0.3 is 9.64 Å². The lowest BCUT2D eigenvalue weighted by Gasteiger charge is -2.26. The van der Waals surface area contributed by atoms with Crippen LogP contribution in [0.3, 0.4) is 0 Å². The normalized spacial score (nSPS) is 16.5. The van der Waals surface area contributed by atoms with Crippen molar-refractivity contribution in [2.45, 2.75) is 0 Å². The Morgan fingerprint density at radius 3 is 2.73 bits per heavy atom. The number of hydrogen-bond donors (Lipinski definition) is 0. The maximum Gasteiger partial charge on any atom is 0.255 e. The zero-order chi connectivity index (χ0) is 10.7. The van der Waals surface area contributed by atoms with Gasteiger partial charge in [0.25, 0.3) is 5.91 Å². The highest BCUT2D eigenvalue weighted by Gasteiger charge is 2.18. The Balaban J connectivity index is 2.09. The third-order valence-electron chi connectivity index (χ3n) is 2.27. The number of pyridine rings is 1. The Hall–Kier alpha value is -1.49. The molecule has 0 unspecified atom stereocenters. The van der Waals surface area contributed by atoms with Gasteiger partial charge in [-0.1, -0.05) is 0 Å². The molecule has 1 aliphatic rings. The summed E-state index contributed by atoms with van der Waals surface area (Å²) in [6.07, 6.45) is 1.26. The highest BCUT2D eigenvalue weighted by atomic mass is 19.1. The molecule has 0 radical (unpaired) electrons. The van der Waals surface area contributed by atoms with Crippen molar-refractivity contribution in [3.8, 4) is 0 Å². The van der Waals surface area contributed by atoms with Gasteiger partial charge in [0, 0.05) is 19.3 Å². The second-order valence-electron chi connectivity index (χ2n) is 3.27. The van der Waals surface area contributed by atoms with Gasteiger partial charge in [0.05, 0.1) is 18.8 Å². The summed E-state index contributed by atoms with van der Waals surface area (Å²) < 4.78 is 17.7. The average Bonchev–Trinajstić information content (AvgIpc) is 2.30. The van der Waals surface area contributed by atoms with E-state index in [0.29, 0.717) is 31.9 Å². The fourth-order valence-corrected chi connectivity index (χ4v) is 1.45. The van der Waals surface area contributed by atoms with E-state index in [1.807, 2.05) is 0 Å². The van der Waals surface area contributed by atoms with Crippen LogP contribution in [0.15, 0.2) is 18.3 Å². The van der Waals surface area contributed by atoms with Crippen LogP contribution >= 0.6 is 0 Å². The second kappa shape index (κ2) is 4.35. The average molecular weight is 210 g/mol. The van der Waals surface area contributed by atoms with E-state index >= 15 is 0 Å². The Bertz CT molecular complexity index is 347. The smallest absolute Gasteiger partial charge is 0.255 e. The summed E-state index contributed by atoms with van der Waals surface area (Å²) >= 11 is 0. The van der Waals surface area contributed by atoms with Crippen molar-refractivity contribution in [1.82, 2.24) is 9.88 Å². The summed E-state index contributed by atoms with van der Waals surface area (Å²) in [6, 6.07) is 2.63. The molecule has 0 bridgehead atoms. The lowest BCUT2D eigenvalue weighted by molar-refractivity contribution is 0.0302. The molecule has 0 spiro atoms. The van der Waals surface area contributed by atoms with Crippen LogP contribution in [0.1, 0.15) is 10.4 Å². The van der Waals surface area contributed by atoms with Gasteiger partial charge >= 0.3 is 0 Å². The van der Waals surface area contributed by atoms with E-state index in [0.717, 1.165) is 0 Å². The molecule has 5 heteroatoms. The van der Waals surface area contributed by atoms with Crippen LogP contribution in [0, 0.1) is 5.95 Å². The first kappa shape index (κ1) is 10.0. The lowest BCUT2D eigenvalue weighted by Crippen LogP contribution is -2.40. The van der Waals surface area contributed by atoms with Crippen molar-refractivity contribution in [3.05, 3.63) is 29.8 Å². The van der Waals surface area contributed by atoms with Gasteiger partial charge in [-0.3, -0.25) is 4.79 Å². The quantitative estimate of drug-likeness (QED) is 0.640. The molecule has 0 N–H and O–H groups in total. The molecular formula is C10H11FN2O2. The predicted octanol–water partition coefficient (Wildman–Crippen LogP) is 0.693. The molecule has 0 saturated carbocycles. The van der Waals surface area contributed by atoms with Gasteiger partial charge in [-0.15, -0.1) is 0 Å². The molecule has 2 rings (SSSR count). The van der Waals surface area contributed by atoms with Gasteiger partial charge in [0.15, 0.2) is 0 Å². The van der Waals surface area contributed by atoms with E-state index in [2.05, 4.69) is 4.98 Å². The molecular weight excluding hydrogens is 199 g/mol. The molecule has 1 fully saturated rings. The molecule has 2 heterocycles. The van der Waals surface area contributed by atoms with Crippen molar-refractivity contribution in [2.24, 2.45) is 0 Å². The second-order valence-corrected chi connectivity index (χ2v) is 3.27. The molecule has 15 heavy (non-hydrogen) atoms. The number of nitrogens with zero attached hydrogens (tertiary/aromatic N) is 2. The monoisotopic (exact) mass is 210 g/mol. The first-order valence-corrected chi connectivity index (χ1v) is 4.76. The molecule has 1 saturated heterocycles. The molecule has 1 aromatic heterocycles. The molecule has 0 atom stereocenters. The van der Waals surface area contributed by atoms with E-state index in [1.54, 1.807) is 4.90 Å². The highest BCUT2D eigenvalue weighted by Crippen LogP contribution is 2.06. The molecule has 1 aliphatic heterocycles. The van der Waals surface area contributed by atoms with Crippen LogP contribution in [0.5, 0.6) is 0 Å². The topological polar surface area (TPSA) is 42.4 Å². The van der Waals surface area contributed by atoms with Crippen molar-refractivity contribution in [3.63, 3.8) is 0 Å². The van der Waals surface area contributed by atoms with E-state index in [4.69, 9.17) is 4.74 Å². The van der Waals surface area contributed by atoms with Crippen molar-refractivity contribution < 1.29 is 13.9 Å². The number of carbonyl (C=O) groups excluding carboxylic acids is 1. The Kier molecular flexibility index (Phi) is 2.91. The fraction of sp³-hybridized carbons (Fsp3) is 0.400. The van der Waals surface area contributed by atoms with E-state index < -0.39 is 5.95 Å². The SMILES string of the molecule is O=C(c1ccc(F)nc1)N1CCOCC1. The molecule has 1 amide bonds. The third kappa shape index (κ3) is 2.30. The van der Waals surface area contributed by atoms with E-state index in [1.165, 1.54) is 18.3 Å². The number of hydrogen-bond acceptors (Lipinski definition) is 3. The molecule has 4 nitrogen and oxygen atoms in total. The first-order valence-electron chi connectivity index (χ1n) is 4.76. The summed E-state index contributed by atoms with van der Waals surface area (Å²) in [6.45, 7) is 2.27. The standard InChI is InChI=1S/C10H11FN2O2/c11-9-2-1-8(7-12-9)10(14)13-3-5-15-6-4-13/h1-2,7H,3-6H2. The Morgan fingerprint density at radius 1 is 1.40 bits per heavy atom. The summed E-state index contributed by atoms with van der Waals surface area (Å²) in [7, 11) is 0. The maximum absolute atomic E-state index is 12.5. The fourth-order valence-electron chi connectivity index (χ4n) is 1.45. The van der Waals surface area contributed by atoms with Crippen molar-refractivity contribution in [2.75, 3.05) is 26.3 Å². The predicted molar refractivity (Wildman–Crippen MR) is 50.9 cm³/mol. The number of rotatable bonds is 1. The van der Waals surface area contributed by atoms with Crippen LogP contribution in [-0.4, -0.2) is 42.1 Å². The minimum atomic E-state index is -0.575. The van der Waals surface area contributed by atoms with E-state index in [-0.39, 0.29) is 5.91 Å². The van der Waals surface area contributed by atoms with Gasteiger partial charge in [0.1, 0.15) is 0 Å². The molecule has 0 aliphatic carbocycles. The first-order chi connectivity index (χ1) is 7.27. The summed E-state index contributed by atoms with van der Waals surface area (Å²) in [5.41, 5.74) is 0.415. The third-order valence-corrected chi connectivity index (χ3v) is 2.27. The number of halogens is 1. The largest absolute Gasteiger partial charge is 0.378 e. The number of carbonyl (C=O) groups is 1. The van der Waals surface area contributed by atoms with E-state index in [9.17, 15) is 9.18 Å². The molecule has 80 valence electrons. The van der Waals surface area contributed by atoms with Gasteiger partial charge in [-0.2, -0.15) is 4.39 Å². The summed E-state index contributed by atoms with van der Waals surface area (Å²) in [5.74, 6) is -0.695. The van der Waals surface area contributed by atoms with Crippen LogP contribution in [0.25, 0.3) is 0 Å². The van der Waals surface area contributed by atoms with Crippen LogP contribution in [0.2, 0.25) is 0 Å². The summed E-state index contributed by atoms with van der Waals surface area (Å²) in [4.78, 5) is 16.9. The maximum atomic E-state index is 12.5. The molecule has 1 aromatic rings. The van der Waals surface area contributed by atoms with Crippen LogP contribution < -0.4 is 0 Å². The zero-order valence-electron chi connectivity index (χ0n) is 8.15. The Morgan fingerprint density at radius 2 is 2.13 bits per heavy atom. The number of ether oxygens (including phenoxy) is 1. The van der Waals surface area contributed by atoms with Crippen molar-refractivity contribution in [1.29, 1.82) is 0 Å². The minimum Gasteiger partial charge on any atom is -0.378 e. The van der Waals surface area contributed by atoms with Crippen LogP contribution in [0.4, 0.5) is 4.39 Å². The molecule has 0 aromatic carbocycles. The number of morpholine rings is 1. The van der Waals surface area contributed by atoms with Gasteiger partial charge in [0.2, 0.25) is 5.95 Å². The summed E-state index contributed by atoms with van der Waals surface area (Å²) in [5, 5.41) is 0. The lowest BCUT2D eigenvalue weighted by atomic mass is 10.2. The Labute approximate surface area is 86.7 Å². The van der Waals surface area contributed by atoms with Gasteiger partial charge in [-0.25, -0.2) is 4.98 Å². The minimum absolute atomic E-state index is 0.120. The highest BCUT2D eigenvalue weighted by molar-refractivity contribution is 5.93. The number of amides is 1. The van der Waals surface area contributed by atoms with Crippen LogP contribution in [-0.2, 0) is 4.74 Å². The zero-order valence-corrected chi connectivity index (χ0v) is 8.15.